The van der Waals surface area contributed by atoms with Crippen molar-refractivity contribution in [2.75, 3.05) is 33.7 Å². The second kappa shape index (κ2) is 10.6. The van der Waals surface area contributed by atoms with Gasteiger partial charge in [-0.05, 0) is 31.8 Å². The van der Waals surface area contributed by atoms with Gasteiger partial charge in [0.05, 0.1) is 6.54 Å². The van der Waals surface area contributed by atoms with Crippen molar-refractivity contribution in [1.29, 1.82) is 0 Å². The van der Waals surface area contributed by atoms with E-state index in [9.17, 15) is 9.59 Å². The van der Waals surface area contributed by atoms with Crippen molar-refractivity contribution in [1.82, 2.24) is 24.5 Å². The summed E-state index contributed by atoms with van der Waals surface area (Å²) < 4.78 is 1.62. The number of carbonyl (C=O) groups is 2. The van der Waals surface area contributed by atoms with Gasteiger partial charge in [-0.2, -0.15) is 5.10 Å². The molecule has 0 bridgehead atoms. The van der Waals surface area contributed by atoms with Crippen LogP contribution in [0.15, 0.2) is 54.6 Å². The number of amides is 2. The lowest BCUT2D eigenvalue weighted by atomic mass is 10.1. The number of rotatable bonds is 8. The number of carbonyl (C=O) groups excluding carboxylic acids is 2. The first kappa shape index (κ1) is 24.3. The molecule has 34 heavy (non-hydrogen) atoms. The molecule has 2 amide bonds. The van der Waals surface area contributed by atoms with Gasteiger partial charge in [-0.15, -0.1) is 0 Å². The van der Waals surface area contributed by atoms with E-state index >= 15 is 0 Å². The third kappa shape index (κ3) is 5.43. The summed E-state index contributed by atoms with van der Waals surface area (Å²) in [6.07, 6.45) is 0. The number of fused-ring (bicyclic) bond motifs is 1. The number of likely N-dealkylation sites (N-methyl/N-ethyl adjacent to an activating group) is 1. The van der Waals surface area contributed by atoms with Gasteiger partial charge >= 0.3 is 0 Å². The predicted octanol–water partition coefficient (Wildman–Crippen LogP) is 4.05. The lowest BCUT2D eigenvalue weighted by molar-refractivity contribution is 0.0679. The van der Waals surface area contributed by atoms with Crippen molar-refractivity contribution in [3.63, 3.8) is 0 Å². The molecule has 3 aromatic rings. The fourth-order valence-electron chi connectivity index (χ4n) is 3.91. The van der Waals surface area contributed by atoms with Crippen molar-refractivity contribution in [2.24, 2.45) is 0 Å². The van der Waals surface area contributed by atoms with Gasteiger partial charge < -0.3 is 14.7 Å². The van der Waals surface area contributed by atoms with E-state index < -0.39 is 0 Å². The minimum absolute atomic E-state index is 0.193. The zero-order valence-corrected chi connectivity index (χ0v) is 20.8. The SMILES string of the molecule is CN(C)CCN(Cc1ccccc1)C(=O)c1cc2n(n1)CCN(Cc1c(Cl)cccc1Cl)C2=O. The van der Waals surface area contributed by atoms with Crippen LogP contribution in [0.5, 0.6) is 0 Å². The summed E-state index contributed by atoms with van der Waals surface area (Å²) in [5, 5.41) is 5.52. The maximum absolute atomic E-state index is 13.4. The number of aromatic nitrogens is 2. The molecule has 0 atom stereocenters. The highest BCUT2D eigenvalue weighted by Crippen LogP contribution is 2.27. The standard InChI is InChI=1S/C25H27Cl2N5O2/c1-29(2)11-12-30(16-18-7-4-3-5-8-18)24(33)22-15-23-25(34)31(13-14-32(23)28-22)17-19-20(26)9-6-10-21(19)27/h3-10,15H,11-14,16-17H2,1-2H3. The molecule has 0 saturated carbocycles. The molecule has 9 heteroatoms. The van der Waals surface area contributed by atoms with Crippen molar-refractivity contribution in [3.05, 3.63) is 87.2 Å². The van der Waals surface area contributed by atoms with Gasteiger partial charge in [0.25, 0.3) is 11.8 Å². The lowest BCUT2D eigenvalue weighted by Gasteiger charge is -2.28. The fourth-order valence-corrected chi connectivity index (χ4v) is 4.42. The predicted molar refractivity (Wildman–Crippen MR) is 133 cm³/mol. The highest BCUT2D eigenvalue weighted by atomic mass is 35.5. The smallest absolute Gasteiger partial charge is 0.274 e. The van der Waals surface area contributed by atoms with Crippen molar-refractivity contribution < 1.29 is 9.59 Å². The molecule has 7 nitrogen and oxygen atoms in total. The molecule has 0 unspecified atom stereocenters. The van der Waals surface area contributed by atoms with E-state index in [1.54, 1.807) is 38.7 Å². The molecular weight excluding hydrogens is 473 g/mol. The van der Waals surface area contributed by atoms with Crippen LogP contribution in [0, 0.1) is 0 Å². The number of hydrogen-bond acceptors (Lipinski definition) is 4. The molecule has 1 aliphatic heterocycles. The van der Waals surface area contributed by atoms with Crippen LogP contribution in [-0.2, 0) is 19.6 Å². The van der Waals surface area contributed by atoms with Gasteiger partial charge in [-0.3, -0.25) is 14.3 Å². The van der Waals surface area contributed by atoms with E-state index in [0.29, 0.717) is 54.0 Å². The second-order valence-electron chi connectivity index (χ2n) is 8.58. The van der Waals surface area contributed by atoms with Gasteiger partial charge in [-0.25, -0.2) is 0 Å². The Morgan fingerprint density at radius 2 is 1.71 bits per heavy atom. The molecule has 1 aromatic heterocycles. The summed E-state index contributed by atoms with van der Waals surface area (Å²) in [6.45, 7) is 2.99. The minimum Gasteiger partial charge on any atom is -0.332 e. The molecule has 0 aliphatic carbocycles. The largest absolute Gasteiger partial charge is 0.332 e. The van der Waals surface area contributed by atoms with Crippen LogP contribution in [0.25, 0.3) is 0 Å². The molecule has 2 heterocycles. The zero-order valence-electron chi connectivity index (χ0n) is 19.2. The molecule has 0 spiro atoms. The van der Waals surface area contributed by atoms with Crippen molar-refractivity contribution in [2.45, 2.75) is 19.6 Å². The Morgan fingerprint density at radius 3 is 2.38 bits per heavy atom. The third-order valence-corrected chi connectivity index (χ3v) is 6.53. The summed E-state index contributed by atoms with van der Waals surface area (Å²) in [7, 11) is 3.94. The normalized spacial score (nSPS) is 13.3. The first-order chi connectivity index (χ1) is 16.3. The monoisotopic (exact) mass is 499 g/mol. The zero-order chi connectivity index (χ0) is 24.2. The van der Waals surface area contributed by atoms with E-state index in [1.807, 2.05) is 49.3 Å². The number of benzene rings is 2. The molecule has 0 N–H and O–H groups in total. The van der Waals surface area contributed by atoms with Crippen LogP contribution in [0.2, 0.25) is 10.0 Å². The lowest BCUT2D eigenvalue weighted by Crippen LogP contribution is -2.40. The average Bonchev–Trinajstić information content (AvgIpc) is 3.26. The number of hydrogen-bond donors (Lipinski definition) is 0. The van der Waals surface area contributed by atoms with E-state index in [1.165, 1.54) is 0 Å². The summed E-state index contributed by atoms with van der Waals surface area (Å²) in [5.41, 5.74) is 2.42. The molecule has 1 aliphatic rings. The molecule has 0 fully saturated rings. The van der Waals surface area contributed by atoms with Crippen LogP contribution >= 0.6 is 23.2 Å². The third-order valence-electron chi connectivity index (χ3n) is 5.82. The quantitative estimate of drug-likeness (QED) is 0.468. The Balaban J connectivity index is 1.54. The second-order valence-corrected chi connectivity index (χ2v) is 9.39. The van der Waals surface area contributed by atoms with E-state index in [2.05, 4.69) is 5.10 Å². The summed E-state index contributed by atoms with van der Waals surface area (Å²) >= 11 is 12.6. The topological polar surface area (TPSA) is 61.7 Å². The number of halogens is 2. The summed E-state index contributed by atoms with van der Waals surface area (Å²) in [6, 6.07) is 16.7. The Bertz CT molecular complexity index is 1160. The molecule has 0 radical (unpaired) electrons. The first-order valence-corrected chi connectivity index (χ1v) is 11.9. The average molecular weight is 500 g/mol. The first-order valence-electron chi connectivity index (χ1n) is 11.1. The maximum atomic E-state index is 13.4. The highest BCUT2D eigenvalue weighted by molar-refractivity contribution is 6.36. The van der Waals surface area contributed by atoms with Gasteiger partial charge in [0.2, 0.25) is 0 Å². The van der Waals surface area contributed by atoms with Gasteiger partial charge in [0, 0.05) is 54.4 Å². The minimum atomic E-state index is -0.198. The highest BCUT2D eigenvalue weighted by Gasteiger charge is 2.30. The molecule has 4 rings (SSSR count). The summed E-state index contributed by atoms with van der Waals surface area (Å²) in [4.78, 5) is 32.1. The van der Waals surface area contributed by atoms with Crippen molar-refractivity contribution in [3.8, 4) is 0 Å². The molecular formula is C25H27Cl2N5O2. The van der Waals surface area contributed by atoms with E-state index in [4.69, 9.17) is 23.2 Å². The number of nitrogens with zero attached hydrogens (tertiary/aromatic N) is 5. The van der Waals surface area contributed by atoms with E-state index in [0.717, 1.165) is 12.1 Å². The molecule has 2 aromatic carbocycles. The van der Waals surface area contributed by atoms with Crippen LogP contribution in [0.4, 0.5) is 0 Å². The summed E-state index contributed by atoms with van der Waals surface area (Å²) in [5.74, 6) is -0.391. The van der Waals surface area contributed by atoms with Crippen LogP contribution in [-0.4, -0.2) is 70.0 Å². The van der Waals surface area contributed by atoms with Crippen LogP contribution < -0.4 is 0 Å². The van der Waals surface area contributed by atoms with Gasteiger partial charge in [0.15, 0.2) is 5.69 Å². The Morgan fingerprint density at radius 1 is 1.00 bits per heavy atom. The van der Waals surface area contributed by atoms with E-state index in [-0.39, 0.29) is 17.5 Å². The fraction of sp³-hybridized carbons (Fsp3) is 0.320. The van der Waals surface area contributed by atoms with Crippen LogP contribution in [0.3, 0.4) is 0 Å². The Hall–Kier alpha value is -2.87. The van der Waals surface area contributed by atoms with Crippen molar-refractivity contribution >= 4 is 35.0 Å². The molecule has 178 valence electrons. The Labute approximate surface area is 209 Å². The van der Waals surface area contributed by atoms with Gasteiger partial charge in [0.1, 0.15) is 5.69 Å². The maximum Gasteiger partial charge on any atom is 0.274 e. The van der Waals surface area contributed by atoms with Gasteiger partial charge in [-0.1, -0.05) is 59.6 Å². The molecule has 0 saturated heterocycles. The Kier molecular flexibility index (Phi) is 7.56. The van der Waals surface area contributed by atoms with Crippen LogP contribution in [0.1, 0.15) is 32.1 Å².